The van der Waals surface area contributed by atoms with Crippen molar-refractivity contribution in [3.63, 3.8) is 0 Å². The van der Waals surface area contributed by atoms with Crippen molar-refractivity contribution in [2.75, 3.05) is 32.1 Å². The number of nitrogens with zero attached hydrogens (tertiary/aromatic N) is 1. The quantitative estimate of drug-likeness (QED) is 0.496. The second kappa shape index (κ2) is 11.5. The fourth-order valence-electron chi connectivity index (χ4n) is 3.04. The van der Waals surface area contributed by atoms with E-state index in [2.05, 4.69) is 5.32 Å². The highest BCUT2D eigenvalue weighted by Gasteiger charge is 2.21. The second-order valence-electron chi connectivity index (χ2n) is 6.90. The molecule has 2 aromatic carbocycles. The number of anilines is 1. The molecule has 0 heterocycles. The Bertz CT molecular complexity index is 1030. The smallest absolute Gasteiger partial charge is 0.255 e. The van der Waals surface area contributed by atoms with E-state index in [0.29, 0.717) is 30.9 Å². The molecule has 0 spiro atoms. The molecule has 32 heavy (non-hydrogen) atoms. The zero-order valence-corrected chi connectivity index (χ0v) is 19.3. The number of carbonyl (C=O) groups is 2. The molecule has 0 bridgehead atoms. The molecule has 2 rings (SSSR count). The molecule has 0 atom stereocenters. The minimum atomic E-state index is -3.51. The molecule has 0 aromatic heterocycles. The number of amides is 2. The molecule has 0 aliphatic heterocycles. The summed E-state index contributed by atoms with van der Waals surface area (Å²) in [6.45, 7) is 4.09. The molecule has 0 fully saturated rings. The van der Waals surface area contributed by atoms with Crippen LogP contribution in [0.3, 0.4) is 0 Å². The minimum Gasteiger partial charge on any atom is -0.493 e. The fraction of sp³-hybridized carbons (Fsp3) is 0.364. The van der Waals surface area contributed by atoms with E-state index >= 15 is 0 Å². The standard InChI is InChI=1S/C22H29N3O6S/c1-4-25(5-2)32(28,29)18-10-6-16(7-11-18)8-13-22(27)24-17-9-12-19(30-3)20(14-17)31-15-21(23)26/h6-7,9-12,14H,4-5,8,13,15H2,1-3H3,(H2,23,26)(H,24,27). The van der Waals surface area contributed by atoms with Crippen molar-refractivity contribution in [3.05, 3.63) is 48.0 Å². The first kappa shape index (κ1) is 25.2. The van der Waals surface area contributed by atoms with Gasteiger partial charge in [0.2, 0.25) is 15.9 Å². The molecule has 9 nitrogen and oxygen atoms in total. The zero-order valence-electron chi connectivity index (χ0n) is 18.5. The lowest BCUT2D eigenvalue weighted by atomic mass is 10.1. The maximum atomic E-state index is 12.5. The van der Waals surface area contributed by atoms with Gasteiger partial charge in [0.15, 0.2) is 18.1 Å². The number of sulfonamides is 1. The second-order valence-corrected chi connectivity index (χ2v) is 8.84. The number of primary amides is 1. The van der Waals surface area contributed by atoms with Crippen LogP contribution in [0.15, 0.2) is 47.4 Å². The number of methoxy groups -OCH3 is 1. The van der Waals surface area contributed by atoms with E-state index in [4.69, 9.17) is 15.2 Å². The van der Waals surface area contributed by atoms with Crippen molar-refractivity contribution >= 4 is 27.5 Å². The fourth-order valence-corrected chi connectivity index (χ4v) is 4.50. The predicted molar refractivity (Wildman–Crippen MR) is 121 cm³/mol. The van der Waals surface area contributed by atoms with Crippen molar-refractivity contribution in [2.45, 2.75) is 31.6 Å². The van der Waals surface area contributed by atoms with Gasteiger partial charge in [0.1, 0.15) is 0 Å². The maximum absolute atomic E-state index is 12.5. The Balaban J connectivity index is 1.98. The normalized spacial score (nSPS) is 11.2. The van der Waals surface area contributed by atoms with Crippen LogP contribution in [0.25, 0.3) is 0 Å². The summed E-state index contributed by atoms with van der Waals surface area (Å²) in [5, 5.41) is 2.76. The van der Waals surface area contributed by atoms with Crippen molar-refractivity contribution in [1.82, 2.24) is 4.31 Å². The Morgan fingerprint density at radius 2 is 1.69 bits per heavy atom. The number of hydrogen-bond donors (Lipinski definition) is 2. The van der Waals surface area contributed by atoms with Gasteiger partial charge in [-0.15, -0.1) is 0 Å². The van der Waals surface area contributed by atoms with Crippen LogP contribution in [0.1, 0.15) is 25.8 Å². The summed E-state index contributed by atoms with van der Waals surface area (Å²) >= 11 is 0. The van der Waals surface area contributed by atoms with Gasteiger partial charge >= 0.3 is 0 Å². The highest BCUT2D eigenvalue weighted by Crippen LogP contribution is 2.30. The molecule has 0 unspecified atom stereocenters. The van der Waals surface area contributed by atoms with Gasteiger partial charge in [-0.3, -0.25) is 9.59 Å². The summed E-state index contributed by atoms with van der Waals surface area (Å²) in [5.41, 5.74) is 6.43. The Morgan fingerprint density at radius 3 is 2.25 bits per heavy atom. The maximum Gasteiger partial charge on any atom is 0.255 e. The Hall–Kier alpha value is -3.11. The number of hydrogen-bond acceptors (Lipinski definition) is 6. The van der Waals surface area contributed by atoms with E-state index in [1.165, 1.54) is 11.4 Å². The molecular formula is C22H29N3O6S. The third-order valence-electron chi connectivity index (χ3n) is 4.72. The van der Waals surface area contributed by atoms with Crippen molar-refractivity contribution < 1.29 is 27.5 Å². The van der Waals surface area contributed by atoms with E-state index in [9.17, 15) is 18.0 Å². The molecule has 0 saturated carbocycles. The summed E-state index contributed by atoms with van der Waals surface area (Å²) in [4.78, 5) is 23.5. The topological polar surface area (TPSA) is 128 Å². The van der Waals surface area contributed by atoms with Gasteiger partial charge in [-0.1, -0.05) is 26.0 Å². The SMILES string of the molecule is CCN(CC)S(=O)(=O)c1ccc(CCC(=O)Nc2ccc(OC)c(OCC(N)=O)c2)cc1. The molecule has 3 N–H and O–H groups in total. The lowest BCUT2D eigenvalue weighted by Gasteiger charge is -2.18. The average Bonchev–Trinajstić information content (AvgIpc) is 2.77. The van der Waals surface area contributed by atoms with Crippen LogP contribution in [-0.4, -0.2) is 51.3 Å². The molecule has 0 saturated heterocycles. The summed E-state index contributed by atoms with van der Waals surface area (Å²) in [6, 6.07) is 11.4. The van der Waals surface area contributed by atoms with Crippen LogP contribution in [0.4, 0.5) is 5.69 Å². The zero-order chi connectivity index (χ0) is 23.7. The molecule has 10 heteroatoms. The monoisotopic (exact) mass is 463 g/mol. The number of aryl methyl sites for hydroxylation is 1. The van der Waals surface area contributed by atoms with Gasteiger partial charge in [0.25, 0.3) is 5.91 Å². The van der Waals surface area contributed by atoms with Gasteiger partial charge in [-0.25, -0.2) is 8.42 Å². The van der Waals surface area contributed by atoms with Gasteiger partial charge in [-0.05, 0) is 36.2 Å². The molecule has 0 aliphatic carbocycles. The lowest BCUT2D eigenvalue weighted by molar-refractivity contribution is -0.120. The molecular weight excluding hydrogens is 434 g/mol. The number of nitrogens with two attached hydrogens (primary N) is 1. The lowest BCUT2D eigenvalue weighted by Crippen LogP contribution is -2.30. The number of rotatable bonds is 12. The summed E-state index contributed by atoms with van der Waals surface area (Å²) < 4.78 is 37.0. The van der Waals surface area contributed by atoms with Crippen LogP contribution < -0.4 is 20.5 Å². The van der Waals surface area contributed by atoms with E-state index in [-0.39, 0.29) is 29.6 Å². The Labute approximate surface area is 188 Å². The summed E-state index contributed by atoms with van der Waals surface area (Å²) in [6.07, 6.45) is 0.643. The number of ether oxygens (including phenoxy) is 2. The van der Waals surface area contributed by atoms with Gasteiger partial charge in [-0.2, -0.15) is 4.31 Å². The molecule has 2 amide bonds. The van der Waals surface area contributed by atoms with Gasteiger partial charge in [0, 0.05) is 31.3 Å². The van der Waals surface area contributed by atoms with Crippen LogP contribution >= 0.6 is 0 Å². The molecule has 0 aliphatic rings. The number of carbonyl (C=O) groups excluding carboxylic acids is 2. The van der Waals surface area contributed by atoms with Crippen LogP contribution in [0.2, 0.25) is 0 Å². The first-order valence-electron chi connectivity index (χ1n) is 10.2. The predicted octanol–water partition coefficient (Wildman–Crippen LogP) is 2.16. The third kappa shape index (κ3) is 6.69. The number of benzene rings is 2. The summed E-state index contributed by atoms with van der Waals surface area (Å²) in [7, 11) is -2.05. The van der Waals surface area contributed by atoms with Crippen molar-refractivity contribution in [1.29, 1.82) is 0 Å². The van der Waals surface area contributed by atoms with E-state index < -0.39 is 15.9 Å². The average molecular weight is 464 g/mol. The first-order chi connectivity index (χ1) is 15.2. The third-order valence-corrected chi connectivity index (χ3v) is 6.79. The minimum absolute atomic E-state index is 0.200. The van der Waals surface area contributed by atoms with Gasteiger partial charge < -0.3 is 20.5 Å². The Morgan fingerprint density at radius 1 is 1.03 bits per heavy atom. The van der Waals surface area contributed by atoms with Crippen molar-refractivity contribution in [3.8, 4) is 11.5 Å². The van der Waals surface area contributed by atoms with Crippen LogP contribution in [-0.2, 0) is 26.0 Å². The summed E-state index contributed by atoms with van der Waals surface area (Å²) in [5.74, 6) is -0.161. The highest BCUT2D eigenvalue weighted by molar-refractivity contribution is 7.89. The molecule has 0 radical (unpaired) electrons. The number of nitrogens with one attached hydrogen (secondary N) is 1. The van der Waals surface area contributed by atoms with Gasteiger partial charge in [0.05, 0.1) is 12.0 Å². The Kier molecular flexibility index (Phi) is 9.03. The van der Waals surface area contributed by atoms with Crippen LogP contribution in [0.5, 0.6) is 11.5 Å². The van der Waals surface area contributed by atoms with E-state index in [1.807, 2.05) is 0 Å². The largest absolute Gasteiger partial charge is 0.493 e. The van der Waals surface area contributed by atoms with E-state index in [1.54, 1.807) is 56.3 Å². The molecule has 2 aromatic rings. The van der Waals surface area contributed by atoms with E-state index in [0.717, 1.165) is 5.56 Å². The first-order valence-corrected chi connectivity index (χ1v) is 11.6. The van der Waals surface area contributed by atoms with Crippen molar-refractivity contribution in [2.24, 2.45) is 5.73 Å². The molecule has 174 valence electrons. The van der Waals surface area contributed by atoms with Crippen LogP contribution in [0, 0.1) is 0 Å². The highest BCUT2D eigenvalue weighted by atomic mass is 32.2.